The summed E-state index contributed by atoms with van der Waals surface area (Å²) in [7, 11) is 0. The van der Waals surface area contributed by atoms with Crippen molar-refractivity contribution < 1.29 is 9.18 Å². The van der Waals surface area contributed by atoms with Crippen LogP contribution in [-0.4, -0.2) is 12.5 Å². The molecule has 1 fully saturated rings. The fourth-order valence-corrected chi connectivity index (χ4v) is 2.92. The SMILES string of the molecule is CC1CCCC(CCNC(=O)c2ccc(F)cc2)C1. The maximum absolute atomic E-state index is 12.7. The van der Waals surface area contributed by atoms with Crippen molar-refractivity contribution in [3.05, 3.63) is 35.6 Å². The molecule has 1 N–H and O–H groups in total. The summed E-state index contributed by atoms with van der Waals surface area (Å²) >= 11 is 0. The van der Waals surface area contributed by atoms with Gasteiger partial charge in [-0.1, -0.05) is 26.2 Å². The Balaban J connectivity index is 1.73. The summed E-state index contributed by atoms with van der Waals surface area (Å²) in [5.41, 5.74) is 0.526. The Bertz CT molecular complexity index is 415. The molecule has 1 aromatic carbocycles. The third-order valence-electron chi connectivity index (χ3n) is 3.99. The topological polar surface area (TPSA) is 29.1 Å². The highest BCUT2D eigenvalue weighted by atomic mass is 19.1. The van der Waals surface area contributed by atoms with Crippen molar-refractivity contribution in [1.82, 2.24) is 5.32 Å². The van der Waals surface area contributed by atoms with E-state index in [1.807, 2.05) is 0 Å². The minimum absolute atomic E-state index is 0.108. The Morgan fingerprint density at radius 3 is 2.74 bits per heavy atom. The molecule has 0 heterocycles. The lowest BCUT2D eigenvalue weighted by molar-refractivity contribution is 0.0949. The molecule has 1 aliphatic carbocycles. The molecule has 2 rings (SSSR count). The molecule has 0 aliphatic heterocycles. The third-order valence-corrected chi connectivity index (χ3v) is 3.99. The van der Waals surface area contributed by atoms with E-state index in [2.05, 4.69) is 12.2 Å². The first-order chi connectivity index (χ1) is 9.15. The highest BCUT2D eigenvalue weighted by Gasteiger charge is 2.18. The Kier molecular flexibility index (Phi) is 4.94. The van der Waals surface area contributed by atoms with Gasteiger partial charge in [0.25, 0.3) is 5.91 Å². The summed E-state index contributed by atoms with van der Waals surface area (Å²) in [4.78, 5) is 11.8. The van der Waals surface area contributed by atoms with Gasteiger partial charge in [0.2, 0.25) is 0 Å². The second kappa shape index (κ2) is 6.69. The monoisotopic (exact) mass is 263 g/mol. The number of nitrogens with one attached hydrogen (secondary N) is 1. The van der Waals surface area contributed by atoms with Crippen LogP contribution in [0.15, 0.2) is 24.3 Å². The maximum atomic E-state index is 12.7. The smallest absolute Gasteiger partial charge is 0.251 e. The van der Waals surface area contributed by atoms with Gasteiger partial charge in [0, 0.05) is 12.1 Å². The van der Waals surface area contributed by atoms with Gasteiger partial charge in [0.05, 0.1) is 0 Å². The molecule has 2 nitrogen and oxygen atoms in total. The van der Waals surface area contributed by atoms with E-state index in [-0.39, 0.29) is 11.7 Å². The van der Waals surface area contributed by atoms with Gasteiger partial charge in [-0.05, 0) is 48.9 Å². The molecule has 1 aromatic rings. The number of carbonyl (C=O) groups excluding carboxylic acids is 1. The Morgan fingerprint density at radius 1 is 1.32 bits per heavy atom. The predicted molar refractivity (Wildman–Crippen MR) is 74.5 cm³/mol. The van der Waals surface area contributed by atoms with Crippen molar-refractivity contribution in [1.29, 1.82) is 0 Å². The number of rotatable bonds is 4. The maximum Gasteiger partial charge on any atom is 0.251 e. The standard InChI is InChI=1S/C16H22FNO/c1-12-3-2-4-13(11-12)9-10-18-16(19)14-5-7-15(17)8-6-14/h5-8,12-13H,2-4,9-11H2,1H3,(H,18,19). The number of hydrogen-bond donors (Lipinski definition) is 1. The van der Waals surface area contributed by atoms with E-state index >= 15 is 0 Å². The van der Waals surface area contributed by atoms with E-state index in [4.69, 9.17) is 0 Å². The largest absolute Gasteiger partial charge is 0.352 e. The first-order valence-electron chi connectivity index (χ1n) is 7.19. The number of hydrogen-bond acceptors (Lipinski definition) is 1. The molecule has 0 bridgehead atoms. The van der Waals surface area contributed by atoms with Crippen molar-refractivity contribution in [2.45, 2.75) is 39.0 Å². The zero-order chi connectivity index (χ0) is 13.7. The van der Waals surface area contributed by atoms with Crippen LogP contribution in [0.1, 0.15) is 49.4 Å². The fraction of sp³-hybridized carbons (Fsp3) is 0.562. The molecular weight excluding hydrogens is 241 g/mol. The summed E-state index contributed by atoms with van der Waals surface area (Å²) in [6.45, 7) is 3.02. The lowest BCUT2D eigenvalue weighted by Crippen LogP contribution is -2.27. The average molecular weight is 263 g/mol. The minimum Gasteiger partial charge on any atom is -0.352 e. The van der Waals surface area contributed by atoms with Crippen molar-refractivity contribution >= 4 is 5.91 Å². The lowest BCUT2D eigenvalue weighted by atomic mass is 9.81. The molecule has 104 valence electrons. The van der Waals surface area contributed by atoms with E-state index in [1.54, 1.807) is 0 Å². The van der Waals surface area contributed by atoms with Gasteiger partial charge in [-0.15, -0.1) is 0 Å². The van der Waals surface area contributed by atoms with Crippen LogP contribution >= 0.6 is 0 Å². The van der Waals surface area contributed by atoms with Gasteiger partial charge in [0.15, 0.2) is 0 Å². The van der Waals surface area contributed by atoms with Crippen LogP contribution in [0.3, 0.4) is 0 Å². The van der Waals surface area contributed by atoms with Gasteiger partial charge in [-0.25, -0.2) is 4.39 Å². The number of carbonyl (C=O) groups is 1. The van der Waals surface area contributed by atoms with Crippen LogP contribution in [0, 0.1) is 17.7 Å². The average Bonchev–Trinajstić information content (AvgIpc) is 2.39. The van der Waals surface area contributed by atoms with Gasteiger partial charge in [-0.3, -0.25) is 4.79 Å². The third kappa shape index (κ3) is 4.34. The molecule has 1 saturated carbocycles. The lowest BCUT2D eigenvalue weighted by Gasteiger charge is -2.26. The van der Waals surface area contributed by atoms with E-state index in [0.29, 0.717) is 12.1 Å². The van der Waals surface area contributed by atoms with Gasteiger partial charge >= 0.3 is 0 Å². The molecule has 2 unspecified atom stereocenters. The molecule has 2 atom stereocenters. The van der Waals surface area contributed by atoms with Crippen LogP contribution in [-0.2, 0) is 0 Å². The van der Waals surface area contributed by atoms with Crippen molar-refractivity contribution in [2.24, 2.45) is 11.8 Å². The first kappa shape index (κ1) is 14.0. The molecule has 1 aliphatic rings. The number of halogens is 1. The molecule has 0 spiro atoms. The zero-order valence-electron chi connectivity index (χ0n) is 11.5. The van der Waals surface area contributed by atoms with Crippen LogP contribution in [0.4, 0.5) is 4.39 Å². The molecular formula is C16H22FNO. The molecule has 3 heteroatoms. The second-order valence-corrected chi connectivity index (χ2v) is 5.69. The Hall–Kier alpha value is -1.38. The van der Waals surface area contributed by atoms with Gasteiger partial charge in [-0.2, -0.15) is 0 Å². The van der Waals surface area contributed by atoms with Crippen molar-refractivity contribution in [2.75, 3.05) is 6.54 Å². The van der Waals surface area contributed by atoms with Crippen LogP contribution in [0.2, 0.25) is 0 Å². The van der Waals surface area contributed by atoms with Crippen molar-refractivity contribution in [3.63, 3.8) is 0 Å². The molecule has 0 aromatic heterocycles. The number of benzene rings is 1. The first-order valence-corrected chi connectivity index (χ1v) is 7.19. The molecule has 19 heavy (non-hydrogen) atoms. The quantitative estimate of drug-likeness (QED) is 0.880. The highest BCUT2D eigenvalue weighted by molar-refractivity contribution is 5.94. The summed E-state index contributed by atoms with van der Waals surface area (Å²) in [6.07, 6.45) is 6.29. The van der Waals surface area contributed by atoms with E-state index in [1.165, 1.54) is 49.9 Å². The Labute approximate surface area is 114 Å². The second-order valence-electron chi connectivity index (χ2n) is 5.69. The molecule has 0 radical (unpaired) electrons. The number of amides is 1. The van der Waals surface area contributed by atoms with E-state index in [0.717, 1.165) is 18.3 Å². The summed E-state index contributed by atoms with van der Waals surface area (Å²) in [5.74, 6) is 1.15. The van der Waals surface area contributed by atoms with Crippen LogP contribution in [0.5, 0.6) is 0 Å². The summed E-state index contributed by atoms with van der Waals surface area (Å²) < 4.78 is 12.7. The zero-order valence-corrected chi connectivity index (χ0v) is 11.5. The highest BCUT2D eigenvalue weighted by Crippen LogP contribution is 2.30. The predicted octanol–water partition coefficient (Wildman–Crippen LogP) is 3.77. The molecule has 1 amide bonds. The normalized spacial score (nSPS) is 23.1. The fourth-order valence-electron chi connectivity index (χ4n) is 2.92. The van der Waals surface area contributed by atoms with Crippen molar-refractivity contribution in [3.8, 4) is 0 Å². The van der Waals surface area contributed by atoms with Crippen LogP contribution < -0.4 is 5.32 Å². The summed E-state index contributed by atoms with van der Waals surface area (Å²) in [6, 6.07) is 5.68. The van der Waals surface area contributed by atoms with Gasteiger partial charge in [0.1, 0.15) is 5.82 Å². The Morgan fingerprint density at radius 2 is 2.05 bits per heavy atom. The minimum atomic E-state index is -0.312. The van der Waals surface area contributed by atoms with E-state index in [9.17, 15) is 9.18 Å². The summed E-state index contributed by atoms with van der Waals surface area (Å²) in [5, 5.41) is 2.92. The van der Waals surface area contributed by atoms with Crippen LogP contribution in [0.25, 0.3) is 0 Å². The molecule has 0 saturated heterocycles. The van der Waals surface area contributed by atoms with Gasteiger partial charge < -0.3 is 5.32 Å². The van der Waals surface area contributed by atoms with E-state index < -0.39 is 0 Å².